The van der Waals surface area contributed by atoms with Crippen molar-refractivity contribution in [3.63, 3.8) is 0 Å². The molecule has 0 bridgehead atoms. The van der Waals surface area contributed by atoms with Gasteiger partial charge in [-0.05, 0) is 31.6 Å². The standard InChI is InChI=1S/C11H22N2O/c1-7(2)9-5-10(6-9)13-8(3)11(14)12-4/h7-10,13H,5-6H2,1-4H3,(H,12,14). The van der Waals surface area contributed by atoms with E-state index in [9.17, 15) is 4.79 Å². The van der Waals surface area contributed by atoms with Gasteiger partial charge in [-0.15, -0.1) is 0 Å². The molecule has 1 rings (SSSR count). The molecule has 1 amide bonds. The van der Waals surface area contributed by atoms with Crippen molar-refractivity contribution in [3.05, 3.63) is 0 Å². The molecule has 0 aliphatic heterocycles. The van der Waals surface area contributed by atoms with Gasteiger partial charge >= 0.3 is 0 Å². The summed E-state index contributed by atoms with van der Waals surface area (Å²) in [6.07, 6.45) is 2.44. The van der Waals surface area contributed by atoms with E-state index in [1.54, 1.807) is 7.05 Å². The first kappa shape index (κ1) is 11.5. The van der Waals surface area contributed by atoms with Gasteiger partial charge in [0.25, 0.3) is 0 Å². The maximum Gasteiger partial charge on any atom is 0.236 e. The Hall–Kier alpha value is -0.570. The van der Waals surface area contributed by atoms with E-state index in [1.165, 1.54) is 12.8 Å². The van der Waals surface area contributed by atoms with Gasteiger partial charge in [0.2, 0.25) is 5.91 Å². The molecular weight excluding hydrogens is 176 g/mol. The van der Waals surface area contributed by atoms with Crippen LogP contribution in [-0.2, 0) is 4.79 Å². The van der Waals surface area contributed by atoms with Crippen LogP contribution in [0.2, 0.25) is 0 Å². The molecule has 0 aromatic carbocycles. The van der Waals surface area contributed by atoms with Crippen molar-refractivity contribution in [2.75, 3.05) is 7.05 Å². The average Bonchev–Trinajstić information content (AvgIpc) is 2.07. The zero-order chi connectivity index (χ0) is 10.7. The molecule has 1 atom stereocenters. The van der Waals surface area contributed by atoms with Gasteiger partial charge in [0.1, 0.15) is 0 Å². The highest BCUT2D eigenvalue weighted by atomic mass is 16.2. The van der Waals surface area contributed by atoms with Crippen molar-refractivity contribution >= 4 is 5.91 Å². The monoisotopic (exact) mass is 198 g/mol. The number of hydrogen-bond donors (Lipinski definition) is 2. The Kier molecular flexibility index (Phi) is 3.93. The van der Waals surface area contributed by atoms with Crippen molar-refractivity contribution in [1.82, 2.24) is 10.6 Å². The van der Waals surface area contributed by atoms with Gasteiger partial charge in [-0.3, -0.25) is 4.79 Å². The number of likely N-dealkylation sites (N-methyl/N-ethyl adjacent to an activating group) is 1. The smallest absolute Gasteiger partial charge is 0.236 e. The minimum atomic E-state index is -0.0573. The minimum Gasteiger partial charge on any atom is -0.358 e. The number of nitrogens with one attached hydrogen (secondary N) is 2. The molecule has 1 aliphatic rings. The van der Waals surface area contributed by atoms with Gasteiger partial charge in [0.15, 0.2) is 0 Å². The molecule has 14 heavy (non-hydrogen) atoms. The zero-order valence-corrected chi connectivity index (χ0v) is 9.63. The molecule has 0 saturated heterocycles. The van der Waals surface area contributed by atoms with Crippen LogP contribution in [0.4, 0.5) is 0 Å². The lowest BCUT2D eigenvalue weighted by Crippen LogP contribution is -2.51. The largest absolute Gasteiger partial charge is 0.358 e. The van der Waals surface area contributed by atoms with Crippen molar-refractivity contribution in [2.45, 2.75) is 45.7 Å². The molecule has 82 valence electrons. The third kappa shape index (κ3) is 2.71. The predicted molar refractivity (Wildman–Crippen MR) is 58.0 cm³/mol. The SMILES string of the molecule is CNC(=O)C(C)NC1CC(C(C)C)C1. The molecular formula is C11H22N2O. The summed E-state index contributed by atoms with van der Waals surface area (Å²) < 4.78 is 0. The topological polar surface area (TPSA) is 41.1 Å². The molecule has 1 aliphatic carbocycles. The van der Waals surface area contributed by atoms with Crippen molar-refractivity contribution in [2.24, 2.45) is 11.8 Å². The highest BCUT2D eigenvalue weighted by molar-refractivity contribution is 5.80. The number of rotatable bonds is 4. The zero-order valence-electron chi connectivity index (χ0n) is 9.63. The first-order valence-electron chi connectivity index (χ1n) is 5.52. The van der Waals surface area contributed by atoms with Crippen LogP contribution < -0.4 is 10.6 Å². The molecule has 0 aromatic heterocycles. The Labute approximate surface area is 86.6 Å². The highest BCUT2D eigenvalue weighted by Gasteiger charge is 2.32. The second-order valence-corrected chi connectivity index (χ2v) is 4.68. The normalized spacial score (nSPS) is 28.4. The van der Waals surface area contributed by atoms with E-state index in [4.69, 9.17) is 0 Å². The summed E-state index contributed by atoms with van der Waals surface area (Å²) in [6.45, 7) is 6.45. The molecule has 1 unspecified atom stereocenters. The summed E-state index contributed by atoms with van der Waals surface area (Å²) in [5.74, 6) is 1.71. The molecule has 0 aromatic rings. The summed E-state index contributed by atoms with van der Waals surface area (Å²) in [6, 6.07) is 0.493. The molecule has 0 radical (unpaired) electrons. The van der Waals surface area contributed by atoms with E-state index < -0.39 is 0 Å². The lowest BCUT2D eigenvalue weighted by Gasteiger charge is -2.39. The number of hydrogen-bond acceptors (Lipinski definition) is 2. The summed E-state index contributed by atoms with van der Waals surface area (Å²) in [4.78, 5) is 11.2. The van der Waals surface area contributed by atoms with Crippen LogP contribution in [0.1, 0.15) is 33.6 Å². The van der Waals surface area contributed by atoms with Gasteiger partial charge in [-0.2, -0.15) is 0 Å². The average molecular weight is 198 g/mol. The van der Waals surface area contributed by atoms with Crippen LogP contribution in [0.25, 0.3) is 0 Å². The van der Waals surface area contributed by atoms with E-state index in [1.807, 2.05) is 6.92 Å². The summed E-state index contributed by atoms with van der Waals surface area (Å²) >= 11 is 0. The fourth-order valence-electron chi connectivity index (χ4n) is 1.99. The Morgan fingerprint density at radius 2 is 1.86 bits per heavy atom. The third-order valence-electron chi connectivity index (χ3n) is 3.24. The van der Waals surface area contributed by atoms with Crippen molar-refractivity contribution in [1.29, 1.82) is 0 Å². The number of carbonyl (C=O) groups excluding carboxylic acids is 1. The van der Waals surface area contributed by atoms with Gasteiger partial charge in [0, 0.05) is 13.1 Å². The third-order valence-corrected chi connectivity index (χ3v) is 3.24. The summed E-state index contributed by atoms with van der Waals surface area (Å²) in [5.41, 5.74) is 0. The molecule has 1 saturated carbocycles. The van der Waals surface area contributed by atoms with Crippen LogP contribution in [0.5, 0.6) is 0 Å². The number of carbonyl (C=O) groups is 1. The molecule has 1 fully saturated rings. The van der Waals surface area contributed by atoms with E-state index in [-0.39, 0.29) is 11.9 Å². The van der Waals surface area contributed by atoms with E-state index in [2.05, 4.69) is 24.5 Å². The first-order valence-corrected chi connectivity index (χ1v) is 5.52. The minimum absolute atomic E-state index is 0.0573. The fourth-order valence-corrected chi connectivity index (χ4v) is 1.99. The molecule has 0 spiro atoms. The van der Waals surface area contributed by atoms with Crippen LogP contribution in [0, 0.1) is 11.8 Å². The van der Waals surface area contributed by atoms with Gasteiger partial charge in [0.05, 0.1) is 6.04 Å². The molecule has 2 N–H and O–H groups in total. The van der Waals surface area contributed by atoms with Crippen LogP contribution >= 0.6 is 0 Å². The molecule has 3 nitrogen and oxygen atoms in total. The summed E-state index contributed by atoms with van der Waals surface area (Å²) in [7, 11) is 1.68. The second kappa shape index (κ2) is 4.78. The quantitative estimate of drug-likeness (QED) is 0.711. The fraction of sp³-hybridized carbons (Fsp3) is 0.909. The second-order valence-electron chi connectivity index (χ2n) is 4.68. The van der Waals surface area contributed by atoms with E-state index in [0.717, 1.165) is 11.8 Å². The van der Waals surface area contributed by atoms with E-state index >= 15 is 0 Å². The first-order chi connectivity index (χ1) is 6.54. The Morgan fingerprint density at radius 3 is 2.29 bits per heavy atom. The lowest BCUT2D eigenvalue weighted by molar-refractivity contribution is -0.122. The maximum atomic E-state index is 11.2. The van der Waals surface area contributed by atoms with Crippen LogP contribution in [0.15, 0.2) is 0 Å². The van der Waals surface area contributed by atoms with Crippen molar-refractivity contribution < 1.29 is 4.79 Å². The Bertz CT molecular complexity index is 197. The molecule has 0 heterocycles. The van der Waals surface area contributed by atoms with E-state index in [0.29, 0.717) is 6.04 Å². The van der Waals surface area contributed by atoms with Gasteiger partial charge in [-0.25, -0.2) is 0 Å². The summed E-state index contributed by atoms with van der Waals surface area (Å²) in [5, 5.41) is 5.99. The Morgan fingerprint density at radius 1 is 1.29 bits per heavy atom. The highest BCUT2D eigenvalue weighted by Crippen LogP contribution is 2.33. The van der Waals surface area contributed by atoms with Gasteiger partial charge < -0.3 is 10.6 Å². The van der Waals surface area contributed by atoms with Crippen LogP contribution in [-0.4, -0.2) is 25.0 Å². The maximum absolute atomic E-state index is 11.2. The molecule has 3 heteroatoms. The predicted octanol–water partition coefficient (Wildman–Crippen LogP) is 1.15. The Balaban J connectivity index is 2.19. The van der Waals surface area contributed by atoms with Crippen molar-refractivity contribution in [3.8, 4) is 0 Å². The number of amides is 1. The lowest BCUT2D eigenvalue weighted by atomic mass is 9.73. The van der Waals surface area contributed by atoms with Crippen LogP contribution in [0.3, 0.4) is 0 Å². The van der Waals surface area contributed by atoms with Gasteiger partial charge in [-0.1, -0.05) is 13.8 Å².